The van der Waals surface area contributed by atoms with Crippen LogP contribution in [-0.4, -0.2) is 34.5 Å². The van der Waals surface area contributed by atoms with Crippen LogP contribution in [-0.2, 0) is 10.2 Å². The quantitative estimate of drug-likeness (QED) is 0.175. The molecule has 1 amide bonds. The fourth-order valence-electron chi connectivity index (χ4n) is 6.87. The molecule has 1 N–H and O–H groups in total. The van der Waals surface area contributed by atoms with E-state index in [0.29, 0.717) is 16.9 Å². The number of ketones is 2. The van der Waals surface area contributed by atoms with E-state index in [1.165, 1.54) is 24.3 Å². The number of nitrogens with zero attached hydrogens (tertiary/aromatic N) is 2. The van der Waals surface area contributed by atoms with Crippen LogP contribution in [0.25, 0.3) is 6.08 Å². The Morgan fingerprint density at radius 1 is 0.881 bits per heavy atom. The minimum Gasteiger partial charge on any atom is -0.352 e. The van der Waals surface area contributed by atoms with Crippen LogP contribution < -0.4 is 10.2 Å². The lowest BCUT2D eigenvalue weighted by Crippen LogP contribution is -2.51. The molecule has 3 aliphatic rings. The van der Waals surface area contributed by atoms with Crippen LogP contribution >= 0.6 is 11.6 Å². The summed E-state index contributed by atoms with van der Waals surface area (Å²) >= 11 is 6.56. The number of anilines is 2. The van der Waals surface area contributed by atoms with E-state index in [0.717, 1.165) is 5.56 Å². The molecule has 206 valence electrons. The van der Waals surface area contributed by atoms with Crippen molar-refractivity contribution in [1.29, 1.82) is 0 Å². The predicted octanol–water partition coefficient (Wildman–Crippen LogP) is 6.10. The van der Waals surface area contributed by atoms with Crippen LogP contribution in [0.3, 0.4) is 0 Å². The van der Waals surface area contributed by atoms with Crippen molar-refractivity contribution in [2.24, 2.45) is 5.92 Å². The van der Waals surface area contributed by atoms with E-state index < -0.39 is 39.9 Å². The van der Waals surface area contributed by atoms with Gasteiger partial charge in [-0.15, -0.1) is 0 Å². The number of rotatable bonds is 5. The van der Waals surface area contributed by atoms with E-state index in [1.54, 1.807) is 36.4 Å². The number of hydrogen-bond donors (Lipinski definition) is 1. The highest BCUT2D eigenvalue weighted by molar-refractivity contribution is 6.34. The van der Waals surface area contributed by atoms with Crippen molar-refractivity contribution in [2.45, 2.75) is 17.5 Å². The average Bonchev–Trinajstić information content (AvgIpc) is 3.49. The second-order valence-electron chi connectivity index (χ2n) is 10.6. The first kappa shape index (κ1) is 25.9. The van der Waals surface area contributed by atoms with Crippen LogP contribution in [0.2, 0.25) is 5.02 Å². The summed E-state index contributed by atoms with van der Waals surface area (Å²) in [5.41, 5.74) is 1.51. The Balaban J connectivity index is 1.52. The molecule has 1 saturated heterocycles. The van der Waals surface area contributed by atoms with Gasteiger partial charge < -0.3 is 10.2 Å². The Morgan fingerprint density at radius 3 is 2.33 bits per heavy atom. The molecule has 9 heteroatoms. The van der Waals surface area contributed by atoms with Gasteiger partial charge in [-0.2, -0.15) is 0 Å². The molecule has 0 aromatic heterocycles. The van der Waals surface area contributed by atoms with Crippen LogP contribution in [0.15, 0.2) is 103 Å². The molecular weight excluding hydrogens is 554 g/mol. The van der Waals surface area contributed by atoms with Gasteiger partial charge in [0.2, 0.25) is 5.91 Å². The Bertz CT molecular complexity index is 1850. The van der Waals surface area contributed by atoms with Gasteiger partial charge in [-0.3, -0.25) is 24.5 Å². The maximum atomic E-state index is 14.8. The Morgan fingerprint density at radius 2 is 1.57 bits per heavy atom. The van der Waals surface area contributed by atoms with E-state index in [9.17, 15) is 24.5 Å². The summed E-state index contributed by atoms with van der Waals surface area (Å²) in [6.07, 6.45) is 3.81. The van der Waals surface area contributed by atoms with Crippen molar-refractivity contribution in [2.75, 3.05) is 10.2 Å². The Labute approximate surface area is 245 Å². The molecule has 0 saturated carbocycles. The standard InChI is InChI=1S/C33H22ClN3O5/c34-24-10-4-2-8-22(24)31(39)28-29(30(38)20-13-16-21(17-14-20)37(41)42)36-26-12-6-1-7-19(26)15-18-27(36)33(28)23-9-3-5-11-25(23)35-32(33)40/h1-18,27-29H,(H,35,40)/t27-,28-,29+,33+/m1/s1. The first-order valence-electron chi connectivity index (χ1n) is 13.4. The van der Waals surface area contributed by atoms with Crippen LogP contribution in [0.1, 0.15) is 31.8 Å². The summed E-state index contributed by atoms with van der Waals surface area (Å²) in [5, 5.41) is 14.5. The largest absolute Gasteiger partial charge is 0.352 e. The van der Waals surface area contributed by atoms with Crippen molar-refractivity contribution in [3.8, 4) is 0 Å². The zero-order valence-electron chi connectivity index (χ0n) is 21.9. The second kappa shape index (κ2) is 9.49. The lowest BCUT2D eigenvalue weighted by Gasteiger charge is -2.37. The molecule has 42 heavy (non-hydrogen) atoms. The average molecular weight is 576 g/mol. The number of fused-ring (bicyclic) bond motifs is 6. The van der Waals surface area contributed by atoms with Gasteiger partial charge in [0.15, 0.2) is 11.6 Å². The van der Waals surface area contributed by atoms with Crippen molar-refractivity contribution in [3.05, 3.63) is 141 Å². The van der Waals surface area contributed by atoms with Crippen molar-refractivity contribution in [3.63, 3.8) is 0 Å². The normalized spacial score (nSPS) is 23.2. The summed E-state index contributed by atoms with van der Waals surface area (Å²) in [6, 6.07) is 24.8. The molecule has 0 aliphatic carbocycles. The van der Waals surface area contributed by atoms with E-state index in [1.807, 2.05) is 53.5 Å². The van der Waals surface area contributed by atoms with Gasteiger partial charge in [0, 0.05) is 34.6 Å². The minimum atomic E-state index is -1.47. The number of amides is 1. The Hall–Kier alpha value is -5.08. The van der Waals surface area contributed by atoms with Crippen molar-refractivity contribution >= 4 is 52.2 Å². The van der Waals surface area contributed by atoms with Gasteiger partial charge in [-0.25, -0.2) is 0 Å². The van der Waals surface area contributed by atoms with Gasteiger partial charge in [0.25, 0.3) is 5.69 Å². The molecule has 8 nitrogen and oxygen atoms in total. The monoisotopic (exact) mass is 575 g/mol. The number of benzene rings is 4. The minimum absolute atomic E-state index is 0.161. The summed E-state index contributed by atoms with van der Waals surface area (Å²) in [6.45, 7) is 0. The number of nitro benzene ring substituents is 1. The van der Waals surface area contributed by atoms with Gasteiger partial charge in [-0.1, -0.05) is 72.3 Å². The third kappa shape index (κ3) is 3.51. The van der Waals surface area contributed by atoms with E-state index in [2.05, 4.69) is 5.32 Å². The number of para-hydroxylation sites is 2. The molecule has 1 spiro atoms. The maximum absolute atomic E-state index is 14.8. The molecule has 7 rings (SSSR count). The summed E-state index contributed by atoms with van der Waals surface area (Å²) in [5.74, 6) is -2.44. The number of non-ortho nitro benzene ring substituents is 1. The van der Waals surface area contributed by atoms with Crippen LogP contribution in [0.5, 0.6) is 0 Å². The molecule has 3 aliphatic heterocycles. The summed E-state index contributed by atoms with van der Waals surface area (Å²) in [7, 11) is 0. The highest BCUT2D eigenvalue weighted by atomic mass is 35.5. The topological polar surface area (TPSA) is 110 Å². The molecule has 3 heterocycles. The maximum Gasteiger partial charge on any atom is 0.269 e. The summed E-state index contributed by atoms with van der Waals surface area (Å²) in [4.78, 5) is 56.4. The molecule has 0 radical (unpaired) electrons. The molecule has 0 bridgehead atoms. The zero-order chi connectivity index (χ0) is 29.2. The molecule has 1 fully saturated rings. The highest BCUT2D eigenvalue weighted by Crippen LogP contribution is 2.58. The first-order valence-corrected chi connectivity index (χ1v) is 13.8. The molecule has 4 aromatic rings. The van der Waals surface area contributed by atoms with Gasteiger partial charge in [-0.05, 0) is 47.5 Å². The number of nitro groups is 1. The first-order chi connectivity index (χ1) is 20.3. The summed E-state index contributed by atoms with van der Waals surface area (Å²) < 4.78 is 0. The number of carbonyl (C=O) groups excluding carboxylic acids is 3. The smallest absolute Gasteiger partial charge is 0.269 e. The van der Waals surface area contributed by atoms with E-state index in [4.69, 9.17) is 11.6 Å². The van der Waals surface area contributed by atoms with E-state index in [-0.39, 0.29) is 27.7 Å². The molecular formula is C33H22ClN3O5. The third-order valence-corrected chi connectivity index (χ3v) is 8.92. The SMILES string of the molecule is O=C(c1ccc([N+](=O)[O-])cc1)[C@@H]1[C@H](C(=O)c2ccccc2Cl)[C@@]2(C(=O)Nc3ccccc32)[C@H]2C=Cc3ccccc3N12. The molecule has 4 aromatic carbocycles. The third-order valence-electron chi connectivity index (χ3n) is 8.59. The van der Waals surface area contributed by atoms with Crippen LogP contribution in [0.4, 0.5) is 17.1 Å². The number of halogens is 1. The van der Waals surface area contributed by atoms with Gasteiger partial charge in [0.05, 0.1) is 21.9 Å². The van der Waals surface area contributed by atoms with Crippen molar-refractivity contribution in [1.82, 2.24) is 0 Å². The van der Waals surface area contributed by atoms with Crippen LogP contribution in [0, 0.1) is 16.0 Å². The molecule has 0 unspecified atom stereocenters. The fraction of sp³-hybridized carbons (Fsp3) is 0.121. The van der Waals surface area contributed by atoms with Gasteiger partial charge in [0.1, 0.15) is 11.5 Å². The lowest BCUT2D eigenvalue weighted by molar-refractivity contribution is -0.384. The lowest BCUT2D eigenvalue weighted by atomic mass is 9.64. The predicted molar refractivity (Wildman–Crippen MR) is 159 cm³/mol. The highest BCUT2D eigenvalue weighted by Gasteiger charge is 2.70. The number of carbonyl (C=O) groups is 3. The molecule has 4 atom stereocenters. The second-order valence-corrected chi connectivity index (χ2v) is 11.0. The Kier molecular flexibility index (Phi) is 5.85. The van der Waals surface area contributed by atoms with E-state index >= 15 is 0 Å². The number of hydrogen-bond acceptors (Lipinski definition) is 6. The van der Waals surface area contributed by atoms with Gasteiger partial charge >= 0.3 is 0 Å². The number of Topliss-reactive ketones (excluding diaryl/α,β-unsaturated/α-hetero) is 2. The van der Waals surface area contributed by atoms with Crippen molar-refractivity contribution < 1.29 is 19.3 Å². The fourth-order valence-corrected chi connectivity index (χ4v) is 7.10. The number of nitrogens with one attached hydrogen (secondary N) is 1. The zero-order valence-corrected chi connectivity index (χ0v) is 22.7.